The molecule has 1 unspecified atom stereocenters. The van der Waals surface area contributed by atoms with Crippen molar-refractivity contribution in [2.24, 2.45) is 0 Å². The predicted molar refractivity (Wildman–Crippen MR) is 81.8 cm³/mol. The Bertz CT molecular complexity index is 574. The summed E-state index contributed by atoms with van der Waals surface area (Å²) in [5.41, 5.74) is 0.530. The van der Waals surface area contributed by atoms with E-state index in [1.807, 2.05) is 12.3 Å². The molecule has 0 bridgehead atoms. The van der Waals surface area contributed by atoms with Crippen molar-refractivity contribution in [2.75, 3.05) is 0 Å². The van der Waals surface area contributed by atoms with Crippen LogP contribution in [0.1, 0.15) is 34.8 Å². The number of thiazole rings is 1. The largest absolute Gasteiger partial charge is 0.343 e. The Hall–Kier alpha value is -0.910. The van der Waals surface area contributed by atoms with E-state index in [0.29, 0.717) is 10.6 Å². The molecule has 1 amide bonds. The smallest absolute Gasteiger partial charge is 0.253 e. The Kier molecular flexibility index (Phi) is 4.96. The second kappa shape index (κ2) is 6.50. The van der Waals surface area contributed by atoms with E-state index in [2.05, 4.69) is 26.2 Å². The minimum atomic E-state index is -0.156. The maximum absolute atomic E-state index is 12.3. The highest BCUT2D eigenvalue weighted by Crippen LogP contribution is 2.23. The molecule has 0 radical (unpaired) electrons. The number of aromatic nitrogens is 1. The van der Waals surface area contributed by atoms with E-state index >= 15 is 0 Å². The van der Waals surface area contributed by atoms with Crippen molar-refractivity contribution < 1.29 is 4.79 Å². The van der Waals surface area contributed by atoms with Crippen molar-refractivity contribution in [1.82, 2.24) is 10.3 Å². The van der Waals surface area contributed by atoms with E-state index in [4.69, 9.17) is 11.6 Å². The van der Waals surface area contributed by atoms with Crippen LogP contribution in [-0.2, 0) is 0 Å². The number of rotatable bonds is 4. The summed E-state index contributed by atoms with van der Waals surface area (Å²) in [4.78, 5) is 16.5. The summed E-state index contributed by atoms with van der Waals surface area (Å²) < 4.78 is 0.725. The highest BCUT2D eigenvalue weighted by molar-refractivity contribution is 9.10. The van der Waals surface area contributed by atoms with Crippen molar-refractivity contribution >= 4 is 44.8 Å². The third kappa shape index (κ3) is 3.55. The molecule has 1 heterocycles. The van der Waals surface area contributed by atoms with Crippen LogP contribution in [0, 0.1) is 0 Å². The number of nitrogens with zero attached hydrogens (tertiary/aromatic N) is 1. The highest BCUT2D eigenvalue weighted by Gasteiger charge is 2.18. The molecule has 0 saturated heterocycles. The van der Waals surface area contributed by atoms with Gasteiger partial charge in [0.25, 0.3) is 5.91 Å². The molecule has 19 heavy (non-hydrogen) atoms. The molecule has 6 heteroatoms. The molecule has 1 N–H and O–H groups in total. The van der Waals surface area contributed by atoms with Crippen LogP contribution in [0.3, 0.4) is 0 Å². The maximum atomic E-state index is 12.3. The quantitative estimate of drug-likeness (QED) is 0.877. The van der Waals surface area contributed by atoms with Crippen molar-refractivity contribution in [3.05, 3.63) is 49.8 Å². The lowest BCUT2D eigenvalue weighted by Crippen LogP contribution is -2.28. The van der Waals surface area contributed by atoms with Crippen LogP contribution in [0.25, 0.3) is 0 Å². The lowest BCUT2D eigenvalue weighted by atomic mass is 10.1. The molecule has 2 rings (SSSR count). The third-order valence-electron chi connectivity index (χ3n) is 2.64. The van der Waals surface area contributed by atoms with Crippen LogP contribution in [0.15, 0.2) is 34.2 Å². The number of carbonyl (C=O) groups is 1. The zero-order valence-corrected chi connectivity index (χ0v) is 13.3. The van der Waals surface area contributed by atoms with Crippen molar-refractivity contribution in [2.45, 2.75) is 19.4 Å². The Labute approximate surface area is 129 Å². The zero-order valence-electron chi connectivity index (χ0n) is 10.2. The molecule has 100 valence electrons. The first kappa shape index (κ1) is 14.5. The van der Waals surface area contributed by atoms with Gasteiger partial charge in [-0.05, 0) is 40.5 Å². The van der Waals surface area contributed by atoms with E-state index in [-0.39, 0.29) is 11.9 Å². The van der Waals surface area contributed by atoms with E-state index < -0.39 is 0 Å². The fourth-order valence-electron chi connectivity index (χ4n) is 1.65. The molecule has 1 aromatic heterocycles. The molecule has 0 spiro atoms. The molecular weight excluding hydrogens is 348 g/mol. The first-order valence-electron chi connectivity index (χ1n) is 5.77. The van der Waals surface area contributed by atoms with Gasteiger partial charge in [-0.1, -0.05) is 18.5 Å². The molecule has 0 saturated carbocycles. The van der Waals surface area contributed by atoms with E-state index in [9.17, 15) is 4.79 Å². The third-order valence-corrected chi connectivity index (χ3v) is 4.45. The van der Waals surface area contributed by atoms with Crippen LogP contribution in [0.2, 0.25) is 5.02 Å². The molecule has 0 aliphatic rings. The highest BCUT2D eigenvalue weighted by atomic mass is 79.9. The van der Waals surface area contributed by atoms with Gasteiger partial charge in [-0.3, -0.25) is 4.79 Å². The molecule has 0 aliphatic carbocycles. The molecule has 2 aromatic rings. The van der Waals surface area contributed by atoms with Gasteiger partial charge in [0.05, 0.1) is 11.6 Å². The average Bonchev–Trinajstić information content (AvgIpc) is 2.92. The van der Waals surface area contributed by atoms with Gasteiger partial charge in [-0.25, -0.2) is 4.98 Å². The number of amides is 1. The summed E-state index contributed by atoms with van der Waals surface area (Å²) in [7, 11) is 0. The molecule has 1 aromatic carbocycles. The SMILES string of the molecule is CCC(NC(=O)c1cc(Cl)ccc1Br)c1nccs1. The van der Waals surface area contributed by atoms with Crippen molar-refractivity contribution in [3.63, 3.8) is 0 Å². The molecule has 3 nitrogen and oxygen atoms in total. The number of hydrogen-bond donors (Lipinski definition) is 1. The lowest BCUT2D eigenvalue weighted by molar-refractivity contribution is 0.0934. The lowest BCUT2D eigenvalue weighted by Gasteiger charge is -2.15. The summed E-state index contributed by atoms with van der Waals surface area (Å²) in [6.07, 6.45) is 2.53. The van der Waals surface area contributed by atoms with Gasteiger partial charge in [-0.2, -0.15) is 0 Å². The molecule has 0 aliphatic heterocycles. The molecular formula is C13H12BrClN2OS. The van der Waals surface area contributed by atoms with Gasteiger partial charge < -0.3 is 5.32 Å². The minimum absolute atomic E-state index is 0.0709. The number of nitrogens with one attached hydrogen (secondary N) is 1. The van der Waals surface area contributed by atoms with Gasteiger partial charge >= 0.3 is 0 Å². The van der Waals surface area contributed by atoms with Gasteiger partial charge in [0.1, 0.15) is 5.01 Å². The Morgan fingerprint density at radius 1 is 1.58 bits per heavy atom. The van der Waals surface area contributed by atoms with Gasteiger partial charge in [0.2, 0.25) is 0 Å². The standard InChI is InChI=1S/C13H12BrClN2OS/c1-2-11(13-16-5-6-19-13)17-12(18)9-7-8(15)3-4-10(9)14/h3-7,11H,2H2,1H3,(H,17,18). The number of hydrogen-bond acceptors (Lipinski definition) is 3. The van der Waals surface area contributed by atoms with E-state index in [1.54, 1.807) is 24.4 Å². The van der Waals surface area contributed by atoms with Crippen LogP contribution in [0.5, 0.6) is 0 Å². The monoisotopic (exact) mass is 358 g/mol. The van der Waals surface area contributed by atoms with Crippen LogP contribution >= 0.6 is 38.9 Å². The normalized spacial score (nSPS) is 12.2. The van der Waals surface area contributed by atoms with Crippen LogP contribution in [0.4, 0.5) is 0 Å². The van der Waals surface area contributed by atoms with Crippen molar-refractivity contribution in [3.8, 4) is 0 Å². The summed E-state index contributed by atoms with van der Waals surface area (Å²) in [5, 5.41) is 6.32. The summed E-state index contributed by atoms with van der Waals surface area (Å²) >= 11 is 10.8. The first-order chi connectivity index (χ1) is 9.11. The number of carbonyl (C=O) groups excluding carboxylic acids is 1. The topological polar surface area (TPSA) is 42.0 Å². The van der Waals surface area contributed by atoms with Crippen LogP contribution < -0.4 is 5.32 Å². The first-order valence-corrected chi connectivity index (χ1v) is 7.82. The van der Waals surface area contributed by atoms with Gasteiger partial charge in [0, 0.05) is 21.1 Å². The number of benzene rings is 1. The minimum Gasteiger partial charge on any atom is -0.343 e. The fourth-order valence-corrected chi connectivity index (χ4v) is 3.02. The maximum Gasteiger partial charge on any atom is 0.253 e. The van der Waals surface area contributed by atoms with Gasteiger partial charge in [-0.15, -0.1) is 11.3 Å². The fraction of sp³-hybridized carbons (Fsp3) is 0.231. The zero-order chi connectivity index (χ0) is 13.8. The molecule has 0 fully saturated rings. The van der Waals surface area contributed by atoms with E-state index in [1.165, 1.54) is 11.3 Å². The summed E-state index contributed by atoms with van der Waals surface area (Å²) in [5.74, 6) is -0.156. The molecule has 1 atom stereocenters. The Balaban J connectivity index is 2.18. The van der Waals surface area contributed by atoms with E-state index in [0.717, 1.165) is 15.9 Å². The predicted octanol–water partition coefficient (Wildman–Crippen LogP) is 4.44. The Morgan fingerprint density at radius 2 is 2.37 bits per heavy atom. The summed E-state index contributed by atoms with van der Waals surface area (Å²) in [6.45, 7) is 2.01. The second-order valence-electron chi connectivity index (χ2n) is 3.93. The average molecular weight is 360 g/mol. The number of halogens is 2. The van der Waals surface area contributed by atoms with Gasteiger partial charge in [0.15, 0.2) is 0 Å². The van der Waals surface area contributed by atoms with Crippen molar-refractivity contribution in [1.29, 1.82) is 0 Å². The Morgan fingerprint density at radius 3 is 3.00 bits per heavy atom. The van der Waals surface area contributed by atoms with Crippen LogP contribution in [-0.4, -0.2) is 10.9 Å². The summed E-state index contributed by atoms with van der Waals surface area (Å²) in [6, 6.07) is 5.08. The second-order valence-corrected chi connectivity index (χ2v) is 6.15.